The highest BCUT2D eigenvalue weighted by Gasteiger charge is 2.11. The van der Waals surface area contributed by atoms with Crippen molar-refractivity contribution in [2.24, 2.45) is 0 Å². The van der Waals surface area contributed by atoms with Gasteiger partial charge in [0.05, 0.1) is 11.7 Å². The number of carboxylic acid groups (broad SMARTS) is 1. The molecule has 114 valence electrons. The van der Waals surface area contributed by atoms with E-state index in [0.717, 1.165) is 6.08 Å². The first-order valence-electron chi connectivity index (χ1n) is 6.20. The minimum absolute atomic E-state index is 0.136. The molecule has 0 atom stereocenters. The number of aromatic nitrogens is 4. The number of nitrogens with zero attached hydrogens (tertiary/aromatic N) is 3. The molecule has 0 aliphatic carbocycles. The molecule has 2 N–H and O–H groups in total. The van der Waals surface area contributed by atoms with Gasteiger partial charge in [-0.2, -0.15) is 9.78 Å². The molecule has 22 heavy (non-hydrogen) atoms. The van der Waals surface area contributed by atoms with Gasteiger partial charge < -0.3 is 15.2 Å². The van der Waals surface area contributed by atoms with Crippen molar-refractivity contribution in [3.05, 3.63) is 46.0 Å². The average molecular weight is 302 g/mol. The van der Waals surface area contributed by atoms with E-state index in [2.05, 4.69) is 20.4 Å². The third kappa shape index (κ3) is 3.66. The number of carbonyl (C=O) groups excluding carboxylic acids is 2. The average Bonchev–Trinajstić information content (AvgIpc) is 2.76. The van der Waals surface area contributed by atoms with Gasteiger partial charge in [0.2, 0.25) is 11.9 Å². The number of anilines is 1. The van der Waals surface area contributed by atoms with E-state index in [1.807, 2.05) is 0 Å². The van der Waals surface area contributed by atoms with Gasteiger partial charge in [-0.05, 0) is 19.9 Å². The predicted molar refractivity (Wildman–Crippen MR) is 74.2 cm³/mol. The summed E-state index contributed by atoms with van der Waals surface area (Å²) in [7, 11) is 0. The minimum Gasteiger partial charge on any atom is -0.545 e. The molecule has 0 saturated heterocycles. The summed E-state index contributed by atoms with van der Waals surface area (Å²) < 4.78 is 1.24. The van der Waals surface area contributed by atoms with Crippen molar-refractivity contribution < 1.29 is 14.7 Å². The van der Waals surface area contributed by atoms with Crippen LogP contribution >= 0.6 is 0 Å². The lowest BCUT2D eigenvalue weighted by Gasteiger charge is -2.06. The maximum Gasteiger partial charge on any atom is 0.252 e. The van der Waals surface area contributed by atoms with Crippen LogP contribution in [-0.4, -0.2) is 31.6 Å². The molecule has 1 amide bonds. The van der Waals surface area contributed by atoms with Crippen LogP contribution in [0, 0.1) is 13.8 Å². The second kappa shape index (κ2) is 6.04. The number of aryl methyl sites for hydroxylation is 2. The van der Waals surface area contributed by atoms with Crippen LogP contribution in [0.5, 0.6) is 0 Å². The molecule has 0 fully saturated rings. The highest BCUT2D eigenvalue weighted by atomic mass is 16.4. The highest BCUT2D eigenvalue weighted by molar-refractivity contribution is 6.01. The Labute approximate surface area is 124 Å². The van der Waals surface area contributed by atoms with Crippen molar-refractivity contribution >= 4 is 17.7 Å². The van der Waals surface area contributed by atoms with Crippen LogP contribution in [0.15, 0.2) is 29.1 Å². The van der Waals surface area contributed by atoms with Gasteiger partial charge in [0.15, 0.2) is 0 Å². The van der Waals surface area contributed by atoms with E-state index in [1.54, 1.807) is 19.9 Å². The number of nitrogens with one attached hydrogen (secondary N) is 2. The number of rotatable bonds is 4. The van der Waals surface area contributed by atoms with E-state index in [-0.39, 0.29) is 17.3 Å². The third-order valence-corrected chi connectivity index (χ3v) is 2.51. The van der Waals surface area contributed by atoms with Gasteiger partial charge in [0.1, 0.15) is 5.82 Å². The predicted octanol–water partition coefficient (Wildman–Crippen LogP) is -1.18. The zero-order chi connectivity index (χ0) is 16.3. The van der Waals surface area contributed by atoms with E-state index >= 15 is 0 Å². The number of carbonyl (C=O) groups is 2. The topological polar surface area (TPSA) is 133 Å². The Bertz CT molecular complexity index is 818. The summed E-state index contributed by atoms with van der Waals surface area (Å²) in [5.41, 5.74) is 0.703. The maximum absolute atomic E-state index is 11.6. The first-order valence-corrected chi connectivity index (χ1v) is 6.20. The van der Waals surface area contributed by atoms with Gasteiger partial charge in [0, 0.05) is 23.9 Å². The van der Waals surface area contributed by atoms with Crippen LogP contribution in [0.3, 0.4) is 0 Å². The van der Waals surface area contributed by atoms with Crippen LogP contribution in [0.25, 0.3) is 5.95 Å². The Morgan fingerprint density at radius 2 is 2.00 bits per heavy atom. The SMILES string of the molecule is Cc1cc(=O)[nH]c(-n2nc(C)cc2NC(=O)/C=C/C(=O)[O-])n1. The lowest BCUT2D eigenvalue weighted by molar-refractivity contribution is -0.297. The Kier molecular flexibility index (Phi) is 4.16. The zero-order valence-corrected chi connectivity index (χ0v) is 11.8. The quantitative estimate of drug-likeness (QED) is 0.683. The molecule has 2 aromatic heterocycles. The van der Waals surface area contributed by atoms with Crippen molar-refractivity contribution in [1.82, 2.24) is 19.7 Å². The minimum atomic E-state index is -1.48. The lowest BCUT2D eigenvalue weighted by atomic mass is 10.4. The molecule has 2 aromatic rings. The molecule has 9 nitrogen and oxygen atoms in total. The van der Waals surface area contributed by atoms with Crippen LogP contribution < -0.4 is 16.0 Å². The maximum atomic E-state index is 11.6. The molecule has 2 rings (SSSR count). The van der Waals surface area contributed by atoms with E-state index in [1.165, 1.54) is 10.7 Å². The molecule has 0 bridgehead atoms. The Balaban J connectivity index is 2.36. The summed E-state index contributed by atoms with van der Waals surface area (Å²) in [5.74, 6) is -1.79. The summed E-state index contributed by atoms with van der Waals surface area (Å²) in [6, 6.07) is 2.87. The van der Waals surface area contributed by atoms with Crippen molar-refractivity contribution in [3.8, 4) is 5.95 Å². The van der Waals surface area contributed by atoms with Gasteiger partial charge in [-0.1, -0.05) is 0 Å². The first kappa shape index (κ1) is 15.2. The number of hydrogen-bond donors (Lipinski definition) is 2. The van der Waals surface area contributed by atoms with Crippen LogP contribution in [0.4, 0.5) is 5.82 Å². The first-order chi connectivity index (χ1) is 10.3. The van der Waals surface area contributed by atoms with Crippen molar-refractivity contribution in [1.29, 1.82) is 0 Å². The number of aliphatic carboxylic acids is 1. The fourth-order valence-corrected chi connectivity index (χ4v) is 1.73. The molecule has 0 aliphatic heterocycles. The molecule has 0 aromatic carbocycles. The molecule has 0 saturated carbocycles. The third-order valence-electron chi connectivity index (χ3n) is 2.51. The van der Waals surface area contributed by atoms with Crippen molar-refractivity contribution in [2.75, 3.05) is 5.32 Å². The van der Waals surface area contributed by atoms with E-state index in [0.29, 0.717) is 17.5 Å². The Morgan fingerprint density at radius 3 is 2.64 bits per heavy atom. The molecule has 9 heteroatoms. The summed E-state index contributed by atoms with van der Waals surface area (Å²) in [4.78, 5) is 40.0. The van der Waals surface area contributed by atoms with Gasteiger partial charge in [-0.25, -0.2) is 4.98 Å². The standard InChI is InChI=1S/C13H13N5O4/c1-7-6-11(20)16-13(14-7)18-9(5-8(2)17-18)15-10(19)3-4-12(21)22/h3-6H,1-2H3,(H,15,19)(H,21,22)(H,14,16,20)/p-1/b4-3+. The molecular weight excluding hydrogens is 290 g/mol. The lowest BCUT2D eigenvalue weighted by Crippen LogP contribution is -2.21. The van der Waals surface area contributed by atoms with Gasteiger partial charge in [0.25, 0.3) is 5.56 Å². The molecule has 0 spiro atoms. The summed E-state index contributed by atoms with van der Waals surface area (Å²) >= 11 is 0. The second-order valence-electron chi connectivity index (χ2n) is 4.43. The smallest absolute Gasteiger partial charge is 0.252 e. The van der Waals surface area contributed by atoms with E-state index in [4.69, 9.17) is 0 Å². The number of carboxylic acids is 1. The fraction of sp³-hybridized carbons (Fsp3) is 0.154. The van der Waals surface area contributed by atoms with E-state index < -0.39 is 11.9 Å². The number of aromatic amines is 1. The molecule has 0 radical (unpaired) electrons. The van der Waals surface area contributed by atoms with Crippen LogP contribution in [-0.2, 0) is 9.59 Å². The van der Waals surface area contributed by atoms with E-state index in [9.17, 15) is 19.5 Å². The van der Waals surface area contributed by atoms with Gasteiger partial charge in [-0.15, -0.1) is 0 Å². The number of amides is 1. The van der Waals surface area contributed by atoms with Crippen LogP contribution in [0.1, 0.15) is 11.4 Å². The summed E-state index contributed by atoms with van der Waals surface area (Å²) in [5, 5.41) is 16.9. The van der Waals surface area contributed by atoms with Crippen molar-refractivity contribution in [3.63, 3.8) is 0 Å². The molecule has 2 heterocycles. The molecular formula is C13H12N5O4-. The highest BCUT2D eigenvalue weighted by Crippen LogP contribution is 2.13. The molecule has 0 aliphatic rings. The van der Waals surface area contributed by atoms with Crippen molar-refractivity contribution in [2.45, 2.75) is 13.8 Å². The summed E-state index contributed by atoms with van der Waals surface area (Å²) in [6.45, 7) is 3.34. The second-order valence-corrected chi connectivity index (χ2v) is 4.43. The summed E-state index contributed by atoms with van der Waals surface area (Å²) in [6.07, 6.45) is 1.42. The van der Waals surface area contributed by atoms with Crippen LogP contribution in [0.2, 0.25) is 0 Å². The fourth-order valence-electron chi connectivity index (χ4n) is 1.73. The zero-order valence-electron chi connectivity index (χ0n) is 11.8. The number of H-pyrrole nitrogens is 1. The largest absolute Gasteiger partial charge is 0.545 e. The Morgan fingerprint density at radius 1 is 1.27 bits per heavy atom. The van der Waals surface area contributed by atoms with Gasteiger partial charge >= 0.3 is 0 Å². The van der Waals surface area contributed by atoms with Gasteiger partial charge in [-0.3, -0.25) is 14.6 Å². The molecule has 0 unspecified atom stereocenters. The number of hydrogen-bond acceptors (Lipinski definition) is 6. The Hall–Kier alpha value is -3.23. The normalized spacial score (nSPS) is 10.8. The monoisotopic (exact) mass is 302 g/mol.